The normalized spacial score (nSPS) is 17.8. The Morgan fingerprint density at radius 3 is 2.90 bits per heavy atom. The highest BCUT2D eigenvalue weighted by molar-refractivity contribution is 6.15. The number of aromatic nitrogens is 2. The Kier molecular flexibility index (Phi) is 5.93. The van der Waals surface area contributed by atoms with Gasteiger partial charge in [0.2, 0.25) is 0 Å². The van der Waals surface area contributed by atoms with Crippen molar-refractivity contribution in [2.45, 2.75) is 39.4 Å². The lowest BCUT2D eigenvalue weighted by Crippen LogP contribution is -2.49. The highest BCUT2D eigenvalue weighted by Crippen LogP contribution is 2.27. The molecule has 3 rings (SSSR count). The van der Waals surface area contributed by atoms with E-state index in [1.807, 2.05) is 32.6 Å². The Hall–Kier alpha value is -2.87. The Morgan fingerprint density at radius 1 is 1.48 bits per heavy atom. The summed E-state index contributed by atoms with van der Waals surface area (Å²) in [4.78, 5) is 6.40. The van der Waals surface area contributed by atoms with Crippen molar-refractivity contribution in [2.24, 2.45) is 10.7 Å². The van der Waals surface area contributed by atoms with Crippen LogP contribution in [0, 0.1) is 5.82 Å². The van der Waals surface area contributed by atoms with E-state index < -0.39 is 5.82 Å². The largest absolute Gasteiger partial charge is 0.488 e. The summed E-state index contributed by atoms with van der Waals surface area (Å²) in [6, 6.07) is 3.00. The summed E-state index contributed by atoms with van der Waals surface area (Å²) >= 11 is 0. The third kappa shape index (κ3) is 4.76. The Bertz CT molecular complexity index is 961. The van der Waals surface area contributed by atoms with Crippen molar-refractivity contribution in [2.75, 3.05) is 19.7 Å². The maximum atomic E-state index is 14.3. The zero-order chi connectivity index (χ0) is 21.2. The predicted molar refractivity (Wildman–Crippen MR) is 112 cm³/mol. The van der Waals surface area contributed by atoms with Gasteiger partial charge in [0.1, 0.15) is 11.5 Å². The summed E-state index contributed by atoms with van der Waals surface area (Å²) < 4.78 is 25.6. The summed E-state index contributed by atoms with van der Waals surface area (Å²) in [5.74, 6) is 0.271. The van der Waals surface area contributed by atoms with Gasteiger partial charge < -0.3 is 20.1 Å². The molecule has 8 heteroatoms. The number of hydrogen-bond donors (Lipinski definition) is 2. The Balaban J connectivity index is 2.00. The summed E-state index contributed by atoms with van der Waals surface area (Å²) in [5, 5.41) is 7.87. The van der Waals surface area contributed by atoms with Gasteiger partial charge in [-0.15, -0.1) is 0 Å². The van der Waals surface area contributed by atoms with Crippen LogP contribution in [0.15, 0.2) is 41.8 Å². The summed E-state index contributed by atoms with van der Waals surface area (Å²) in [6.45, 7) is 13.4. The first-order chi connectivity index (χ1) is 13.7. The van der Waals surface area contributed by atoms with E-state index in [9.17, 15) is 4.39 Å². The fourth-order valence-corrected chi connectivity index (χ4v) is 3.29. The molecule has 29 heavy (non-hydrogen) atoms. The fourth-order valence-electron chi connectivity index (χ4n) is 3.29. The van der Waals surface area contributed by atoms with Gasteiger partial charge in [-0.05, 0) is 33.8 Å². The van der Waals surface area contributed by atoms with Gasteiger partial charge in [0.05, 0.1) is 29.5 Å². The third-order valence-corrected chi connectivity index (χ3v) is 4.53. The maximum Gasteiger partial charge on any atom is 0.167 e. The van der Waals surface area contributed by atoms with Gasteiger partial charge in [0.25, 0.3) is 0 Å². The molecular formula is C21H28FN5O2. The van der Waals surface area contributed by atoms with Crippen molar-refractivity contribution in [3.05, 3.63) is 48.3 Å². The van der Waals surface area contributed by atoms with Crippen LogP contribution < -0.4 is 10.5 Å². The molecule has 1 fully saturated rings. The predicted octanol–water partition coefficient (Wildman–Crippen LogP) is 3.33. The topological polar surface area (TPSA) is 88.8 Å². The van der Waals surface area contributed by atoms with Crippen LogP contribution in [-0.2, 0) is 4.74 Å². The van der Waals surface area contributed by atoms with E-state index in [1.165, 1.54) is 12.3 Å². The molecule has 0 bridgehead atoms. The molecule has 0 spiro atoms. The molecule has 0 unspecified atom stereocenters. The zero-order valence-corrected chi connectivity index (χ0v) is 17.3. The molecule has 1 saturated heterocycles. The molecule has 1 aliphatic rings. The number of rotatable bonds is 6. The molecule has 1 aromatic heterocycles. The first-order valence-corrected chi connectivity index (χ1v) is 9.59. The molecule has 1 aromatic carbocycles. The number of aliphatic imine (C=N–C) groups is 1. The molecule has 3 N–H and O–H groups in total. The molecule has 7 nitrogen and oxygen atoms in total. The van der Waals surface area contributed by atoms with E-state index in [-0.39, 0.29) is 17.5 Å². The first-order valence-electron chi connectivity index (χ1n) is 9.59. The van der Waals surface area contributed by atoms with E-state index in [0.717, 1.165) is 0 Å². The van der Waals surface area contributed by atoms with Crippen LogP contribution in [0.2, 0.25) is 0 Å². The zero-order valence-electron chi connectivity index (χ0n) is 17.3. The van der Waals surface area contributed by atoms with E-state index in [4.69, 9.17) is 15.2 Å². The molecule has 2 aromatic rings. The first kappa shape index (κ1) is 20.9. The van der Waals surface area contributed by atoms with Crippen LogP contribution in [0.1, 0.15) is 33.4 Å². The van der Waals surface area contributed by atoms with E-state index >= 15 is 0 Å². The molecule has 0 aliphatic carbocycles. The molecule has 0 atom stereocenters. The minimum absolute atomic E-state index is 0.154. The highest BCUT2D eigenvalue weighted by Gasteiger charge is 2.28. The van der Waals surface area contributed by atoms with Crippen LogP contribution >= 0.6 is 0 Å². The van der Waals surface area contributed by atoms with E-state index in [0.29, 0.717) is 47.8 Å². The number of nitrogens with two attached hydrogens (primary N) is 1. The lowest BCUT2D eigenvalue weighted by atomic mass is 10.1. The minimum atomic E-state index is -0.450. The number of H-pyrrole nitrogens is 1. The molecule has 0 saturated carbocycles. The molecule has 0 radical (unpaired) electrons. The van der Waals surface area contributed by atoms with Crippen molar-refractivity contribution < 1.29 is 13.9 Å². The number of nitrogens with zero attached hydrogens (tertiary/aromatic N) is 3. The number of morpholine rings is 1. The van der Waals surface area contributed by atoms with Crippen LogP contribution in [0.4, 0.5) is 4.39 Å². The van der Waals surface area contributed by atoms with Crippen molar-refractivity contribution in [3.8, 4) is 5.75 Å². The smallest absolute Gasteiger partial charge is 0.167 e. The van der Waals surface area contributed by atoms with Gasteiger partial charge in [0.15, 0.2) is 11.6 Å². The van der Waals surface area contributed by atoms with Crippen LogP contribution in [0.5, 0.6) is 5.75 Å². The number of allylic oxidation sites excluding steroid dienone is 1. The van der Waals surface area contributed by atoms with Gasteiger partial charge in [-0.3, -0.25) is 10.1 Å². The number of benzene rings is 1. The van der Waals surface area contributed by atoms with Crippen LogP contribution in [0.3, 0.4) is 0 Å². The molecule has 2 heterocycles. The number of nitrogens with one attached hydrogen (secondary N) is 1. The fraction of sp³-hybridized carbons (Fsp3) is 0.429. The summed E-state index contributed by atoms with van der Waals surface area (Å²) in [6.07, 6.45) is 3.03. The number of hydrogen-bond acceptors (Lipinski definition) is 6. The van der Waals surface area contributed by atoms with Gasteiger partial charge in [-0.25, -0.2) is 4.39 Å². The lowest BCUT2D eigenvalue weighted by molar-refractivity contribution is -0.0769. The average Bonchev–Trinajstić information content (AvgIpc) is 3.02. The summed E-state index contributed by atoms with van der Waals surface area (Å²) in [7, 11) is 0. The molecule has 156 valence electrons. The SMILES string of the molecule is C=C/N=C(\C=C(/N)N1CCOC(C)(C)C1)c1n[nH]c2cc(F)c(OC(C)C)cc12. The standard InChI is InChI=1S/C21H28FN5O2/c1-6-24-17(11-19(23)27-7-8-28-21(4,5)12-27)20-14-9-18(29-13(2)3)15(22)10-16(14)25-26-20/h6,9-11,13H,1,7-8,12,23H2,2-5H3,(H,25,26)/b19-11+,24-17+. The van der Waals surface area contributed by atoms with Crippen molar-refractivity contribution in [1.82, 2.24) is 15.1 Å². The maximum absolute atomic E-state index is 14.3. The summed E-state index contributed by atoms with van der Waals surface area (Å²) in [5.41, 5.74) is 7.69. The second kappa shape index (κ2) is 8.24. The molecular weight excluding hydrogens is 373 g/mol. The quantitative estimate of drug-likeness (QED) is 0.725. The molecule has 1 aliphatic heterocycles. The minimum Gasteiger partial charge on any atom is -0.488 e. The average molecular weight is 401 g/mol. The number of halogens is 1. The van der Waals surface area contributed by atoms with Gasteiger partial charge in [0, 0.05) is 36.8 Å². The van der Waals surface area contributed by atoms with Crippen molar-refractivity contribution in [1.29, 1.82) is 0 Å². The van der Waals surface area contributed by atoms with Crippen molar-refractivity contribution >= 4 is 16.6 Å². The van der Waals surface area contributed by atoms with Gasteiger partial charge in [-0.2, -0.15) is 5.10 Å². The second-order valence-corrected chi connectivity index (χ2v) is 7.86. The monoisotopic (exact) mass is 401 g/mol. The third-order valence-electron chi connectivity index (χ3n) is 4.53. The number of aromatic amines is 1. The Morgan fingerprint density at radius 2 is 2.24 bits per heavy atom. The number of fused-ring (bicyclic) bond motifs is 1. The lowest BCUT2D eigenvalue weighted by Gasteiger charge is -2.39. The molecule has 0 amide bonds. The van der Waals surface area contributed by atoms with Gasteiger partial charge >= 0.3 is 0 Å². The van der Waals surface area contributed by atoms with E-state index in [1.54, 1.807) is 12.1 Å². The van der Waals surface area contributed by atoms with Gasteiger partial charge in [-0.1, -0.05) is 6.58 Å². The van der Waals surface area contributed by atoms with Crippen molar-refractivity contribution in [3.63, 3.8) is 0 Å². The van der Waals surface area contributed by atoms with Crippen LogP contribution in [0.25, 0.3) is 10.9 Å². The highest BCUT2D eigenvalue weighted by atomic mass is 19.1. The van der Waals surface area contributed by atoms with E-state index in [2.05, 4.69) is 21.8 Å². The second-order valence-electron chi connectivity index (χ2n) is 7.86. The Labute approximate surface area is 170 Å². The number of ether oxygens (including phenoxy) is 2. The van der Waals surface area contributed by atoms with Crippen LogP contribution in [-0.4, -0.2) is 52.2 Å².